The molecule has 4 heteroatoms. The van der Waals surface area contributed by atoms with Crippen LogP contribution in [0.4, 0.5) is 10.1 Å². The van der Waals surface area contributed by atoms with E-state index in [0.29, 0.717) is 10.1 Å². The number of carbonyl (C=O) groups is 1. The first-order valence-corrected chi connectivity index (χ1v) is 4.86. The van der Waals surface area contributed by atoms with E-state index in [1.807, 2.05) is 22.6 Å². The molecular weight excluding hydrogens is 272 g/mol. The number of hydrogen-bond donors (Lipinski definition) is 1. The molecule has 1 N–H and O–H groups in total. The van der Waals surface area contributed by atoms with Crippen LogP contribution < -0.4 is 5.32 Å². The molecule has 1 rings (SSSR count). The minimum absolute atomic E-state index is 0.0813. The molecule has 0 radical (unpaired) electrons. The fourth-order valence-corrected chi connectivity index (χ4v) is 0.918. The lowest BCUT2D eigenvalue weighted by molar-refractivity contribution is -0.113. The quantitative estimate of drug-likeness (QED) is 0.652. The molecule has 0 aromatic heterocycles. The molecule has 12 heavy (non-hydrogen) atoms. The summed E-state index contributed by atoms with van der Waals surface area (Å²) in [5, 5.41) is 2.61. The first-order chi connectivity index (χ1) is 5.72. The molecule has 2 nitrogen and oxygen atoms in total. The summed E-state index contributed by atoms with van der Waals surface area (Å²) in [7, 11) is 0. The number of carbonyl (C=O) groups excluding carboxylic acids is 1. The molecule has 64 valence electrons. The molecule has 0 aliphatic heterocycles. The smallest absolute Gasteiger partial charge is 0.234 e. The third kappa shape index (κ3) is 2.77. The zero-order valence-corrected chi connectivity index (χ0v) is 8.34. The van der Waals surface area contributed by atoms with Gasteiger partial charge in [0.05, 0.1) is 4.43 Å². The number of benzene rings is 1. The summed E-state index contributed by atoms with van der Waals surface area (Å²) >= 11 is 1.96. The molecular formula is C8H7FINO. The zero-order chi connectivity index (χ0) is 8.97. The van der Waals surface area contributed by atoms with Crippen LogP contribution in [0.15, 0.2) is 24.3 Å². The molecule has 0 aliphatic carbocycles. The fraction of sp³-hybridized carbons (Fsp3) is 0.125. The Labute approximate surface area is 83.3 Å². The Hall–Kier alpha value is -0.650. The van der Waals surface area contributed by atoms with Crippen molar-refractivity contribution in [2.45, 2.75) is 0 Å². The highest BCUT2D eigenvalue weighted by Crippen LogP contribution is 2.07. The molecule has 0 bridgehead atoms. The number of nitrogens with one attached hydrogen (secondary N) is 1. The van der Waals surface area contributed by atoms with E-state index in [-0.39, 0.29) is 11.7 Å². The SMILES string of the molecule is O=C(CI)Nc1ccc(F)cc1. The summed E-state index contributed by atoms with van der Waals surface area (Å²) in [5.41, 5.74) is 0.623. The number of rotatable bonds is 2. The van der Waals surface area contributed by atoms with E-state index in [4.69, 9.17) is 0 Å². The van der Waals surface area contributed by atoms with Gasteiger partial charge in [0.2, 0.25) is 5.91 Å². The van der Waals surface area contributed by atoms with Gasteiger partial charge in [-0.1, -0.05) is 22.6 Å². The maximum atomic E-state index is 12.4. The third-order valence-electron chi connectivity index (χ3n) is 1.25. The Morgan fingerprint density at radius 3 is 2.50 bits per heavy atom. The van der Waals surface area contributed by atoms with E-state index in [1.165, 1.54) is 24.3 Å². The predicted molar refractivity (Wildman–Crippen MR) is 53.9 cm³/mol. The zero-order valence-electron chi connectivity index (χ0n) is 6.18. The van der Waals surface area contributed by atoms with Crippen molar-refractivity contribution in [3.05, 3.63) is 30.1 Å². The van der Waals surface area contributed by atoms with Gasteiger partial charge in [-0.05, 0) is 24.3 Å². The fourth-order valence-electron chi connectivity index (χ4n) is 0.728. The van der Waals surface area contributed by atoms with E-state index < -0.39 is 0 Å². The van der Waals surface area contributed by atoms with Crippen molar-refractivity contribution in [1.29, 1.82) is 0 Å². The minimum atomic E-state index is -0.303. The summed E-state index contributed by atoms with van der Waals surface area (Å²) in [4.78, 5) is 10.9. The van der Waals surface area contributed by atoms with Crippen molar-refractivity contribution in [2.75, 3.05) is 9.74 Å². The Bertz CT molecular complexity index is 273. The van der Waals surface area contributed by atoms with Gasteiger partial charge in [0, 0.05) is 5.69 Å². The lowest BCUT2D eigenvalue weighted by Crippen LogP contribution is -2.11. The molecule has 0 atom stereocenters. The Balaban J connectivity index is 2.64. The lowest BCUT2D eigenvalue weighted by Gasteiger charge is -2.01. The first kappa shape index (κ1) is 9.44. The van der Waals surface area contributed by atoms with E-state index >= 15 is 0 Å². The predicted octanol–water partition coefficient (Wildman–Crippen LogP) is 2.20. The highest BCUT2D eigenvalue weighted by Gasteiger charge is 1.98. The number of anilines is 1. The molecule has 1 amide bonds. The second-order valence-electron chi connectivity index (χ2n) is 2.19. The summed E-state index contributed by atoms with van der Waals surface area (Å²) in [6, 6.07) is 5.67. The van der Waals surface area contributed by atoms with Gasteiger partial charge in [0.1, 0.15) is 5.82 Å². The number of hydrogen-bond acceptors (Lipinski definition) is 1. The topological polar surface area (TPSA) is 29.1 Å². The second-order valence-corrected chi connectivity index (χ2v) is 2.95. The third-order valence-corrected chi connectivity index (χ3v) is 1.94. The van der Waals surface area contributed by atoms with Gasteiger partial charge < -0.3 is 5.32 Å². The van der Waals surface area contributed by atoms with E-state index in [0.717, 1.165) is 0 Å². The van der Waals surface area contributed by atoms with E-state index in [9.17, 15) is 9.18 Å². The van der Waals surface area contributed by atoms with Crippen molar-refractivity contribution in [2.24, 2.45) is 0 Å². The largest absolute Gasteiger partial charge is 0.325 e. The summed E-state index contributed by atoms with van der Waals surface area (Å²) in [6.07, 6.45) is 0. The summed E-state index contributed by atoms with van der Waals surface area (Å²) in [5.74, 6) is -0.385. The van der Waals surface area contributed by atoms with Gasteiger partial charge >= 0.3 is 0 Å². The van der Waals surface area contributed by atoms with Crippen molar-refractivity contribution >= 4 is 34.2 Å². The van der Waals surface area contributed by atoms with E-state index in [2.05, 4.69) is 5.32 Å². The number of halogens is 2. The van der Waals surface area contributed by atoms with Crippen LogP contribution >= 0.6 is 22.6 Å². The molecule has 0 saturated heterocycles. The van der Waals surface area contributed by atoms with Crippen LogP contribution in [0.1, 0.15) is 0 Å². The summed E-state index contributed by atoms with van der Waals surface area (Å²) < 4.78 is 12.8. The van der Waals surface area contributed by atoms with E-state index in [1.54, 1.807) is 0 Å². The Morgan fingerprint density at radius 2 is 2.00 bits per heavy atom. The van der Waals surface area contributed by atoms with Crippen molar-refractivity contribution in [3.8, 4) is 0 Å². The van der Waals surface area contributed by atoms with Crippen LogP contribution in [0.3, 0.4) is 0 Å². The maximum Gasteiger partial charge on any atom is 0.234 e. The van der Waals surface area contributed by atoms with Crippen molar-refractivity contribution in [1.82, 2.24) is 0 Å². The number of alkyl halides is 1. The molecule has 0 fully saturated rings. The first-order valence-electron chi connectivity index (χ1n) is 3.34. The van der Waals surface area contributed by atoms with Crippen LogP contribution in [0, 0.1) is 5.82 Å². The monoisotopic (exact) mass is 279 g/mol. The number of amides is 1. The Morgan fingerprint density at radius 1 is 1.42 bits per heavy atom. The van der Waals surface area contributed by atoms with Crippen LogP contribution in [0.25, 0.3) is 0 Å². The average molecular weight is 279 g/mol. The van der Waals surface area contributed by atoms with Crippen LogP contribution in [0.2, 0.25) is 0 Å². The lowest BCUT2D eigenvalue weighted by atomic mass is 10.3. The van der Waals surface area contributed by atoms with Gasteiger partial charge in [-0.3, -0.25) is 4.79 Å². The van der Waals surface area contributed by atoms with Crippen molar-refractivity contribution < 1.29 is 9.18 Å². The van der Waals surface area contributed by atoms with Gasteiger partial charge in [0.25, 0.3) is 0 Å². The highest BCUT2D eigenvalue weighted by atomic mass is 127. The average Bonchev–Trinajstić information content (AvgIpc) is 2.09. The normalized spacial score (nSPS) is 9.50. The summed E-state index contributed by atoms with van der Waals surface area (Å²) in [6.45, 7) is 0. The van der Waals surface area contributed by atoms with Crippen molar-refractivity contribution in [3.63, 3.8) is 0 Å². The molecule has 0 saturated carbocycles. The maximum absolute atomic E-state index is 12.4. The molecule has 0 aliphatic rings. The van der Waals surface area contributed by atoms with Gasteiger partial charge in [-0.2, -0.15) is 0 Å². The van der Waals surface area contributed by atoms with Gasteiger partial charge in [-0.15, -0.1) is 0 Å². The van der Waals surface area contributed by atoms with Crippen LogP contribution in [-0.2, 0) is 4.79 Å². The molecule has 1 aromatic carbocycles. The molecule has 0 spiro atoms. The molecule has 1 aromatic rings. The minimum Gasteiger partial charge on any atom is -0.325 e. The Kier molecular flexibility index (Phi) is 3.46. The second kappa shape index (κ2) is 4.39. The molecule has 0 heterocycles. The highest BCUT2D eigenvalue weighted by molar-refractivity contribution is 14.1. The molecule has 0 unspecified atom stereocenters. The standard InChI is InChI=1S/C8H7FINO/c9-6-1-3-7(4-2-6)11-8(12)5-10/h1-4H,5H2,(H,11,12). The van der Waals surface area contributed by atoms with Crippen LogP contribution in [0.5, 0.6) is 0 Å². The van der Waals surface area contributed by atoms with Gasteiger partial charge in [-0.25, -0.2) is 4.39 Å². The van der Waals surface area contributed by atoms with Gasteiger partial charge in [0.15, 0.2) is 0 Å². The van der Waals surface area contributed by atoms with Crippen LogP contribution in [-0.4, -0.2) is 10.3 Å².